The van der Waals surface area contributed by atoms with Gasteiger partial charge in [-0.2, -0.15) is 0 Å². The molecule has 0 bridgehead atoms. The van der Waals surface area contributed by atoms with Gasteiger partial charge in [-0.3, -0.25) is 0 Å². The van der Waals surface area contributed by atoms with Crippen LogP contribution in [-0.4, -0.2) is 24.1 Å². The van der Waals surface area contributed by atoms with Gasteiger partial charge in [0.25, 0.3) is 0 Å². The summed E-state index contributed by atoms with van der Waals surface area (Å²) in [7, 11) is -1.13. The molecule has 202 valence electrons. The summed E-state index contributed by atoms with van der Waals surface area (Å²) in [5.74, 6) is 0. The van der Waals surface area contributed by atoms with Gasteiger partial charge in [-0.15, -0.1) is 0 Å². The summed E-state index contributed by atoms with van der Waals surface area (Å²) in [6.07, 6.45) is 39.0. The SMILES string of the molecule is CCCCCCCCCCCCCC[PH](CCCCCC)(CCCCCC)C(C)CCCC. The Labute approximate surface area is 213 Å². The average Bonchev–Trinajstić information content (AvgIpc) is 2.83. The molecule has 0 fully saturated rings. The maximum atomic E-state index is 2.70. The van der Waals surface area contributed by atoms with E-state index < -0.39 is 7.26 Å². The molecule has 0 saturated carbocycles. The van der Waals surface area contributed by atoms with Gasteiger partial charge in [0.05, 0.1) is 0 Å². The van der Waals surface area contributed by atoms with E-state index >= 15 is 0 Å². The first-order chi connectivity index (χ1) is 16.2. The van der Waals surface area contributed by atoms with E-state index in [2.05, 4.69) is 34.6 Å². The third-order valence-electron chi connectivity index (χ3n) is 8.62. The molecule has 0 amide bonds. The number of hydrogen-bond donors (Lipinski definition) is 0. The van der Waals surface area contributed by atoms with Crippen LogP contribution in [0.1, 0.15) is 182 Å². The molecule has 0 rings (SSSR count). The second-order valence-electron chi connectivity index (χ2n) is 11.7. The van der Waals surface area contributed by atoms with Crippen molar-refractivity contribution in [3.63, 3.8) is 0 Å². The topological polar surface area (TPSA) is 0 Å². The summed E-state index contributed by atoms with van der Waals surface area (Å²) in [6.45, 7) is 12.1. The summed E-state index contributed by atoms with van der Waals surface area (Å²) >= 11 is 0. The first-order valence-corrected chi connectivity index (χ1v) is 18.9. The zero-order valence-corrected chi connectivity index (χ0v) is 25.5. The molecule has 0 radical (unpaired) electrons. The average molecular weight is 485 g/mol. The first-order valence-electron chi connectivity index (χ1n) is 16.2. The van der Waals surface area contributed by atoms with Crippen LogP contribution >= 0.6 is 7.26 Å². The van der Waals surface area contributed by atoms with Gasteiger partial charge in [-0.05, 0) is 0 Å². The van der Waals surface area contributed by atoms with Crippen molar-refractivity contribution in [2.24, 2.45) is 0 Å². The number of rotatable bonds is 27. The van der Waals surface area contributed by atoms with E-state index in [0.717, 1.165) is 5.66 Å². The number of hydrogen-bond acceptors (Lipinski definition) is 0. The second kappa shape index (κ2) is 25.5. The van der Waals surface area contributed by atoms with Crippen LogP contribution in [0.25, 0.3) is 0 Å². The fourth-order valence-corrected chi connectivity index (χ4v) is 12.0. The van der Waals surface area contributed by atoms with Crippen molar-refractivity contribution in [1.29, 1.82) is 0 Å². The summed E-state index contributed by atoms with van der Waals surface area (Å²) < 4.78 is 0. The van der Waals surface area contributed by atoms with Crippen molar-refractivity contribution in [3.05, 3.63) is 0 Å². The molecule has 0 spiro atoms. The molecule has 0 aliphatic rings. The maximum absolute atomic E-state index is 2.70. The van der Waals surface area contributed by atoms with Gasteiger partial charge >= 0.3 is 200 Å². The van der Waals surface area contributed by atoms with Crippen LogP contribution in [-0.2, 0) is 0 Å². The van der Waals surface area contributed by atoms with E-state index in [1.807, 2.05) is 0 Å². The Bertz CT molecular complexity index is 352. The Hall–Kier alpha value is 0.430. The molecule has 0 aromatic rings. The Morgan fingerprint density at radius 1 is 0.364 bits per heavy atom. The second-order valence-corrected chi connectivity index (χ2v) is 16.9. The van der Waals surface area contributed by atoms with E-state index in [9.17, 15) is 0 Å². The van der Waals surface area contributed by atoms with Crippen molar-refractivity contribution < 1.29 is 0 Å². The Morgan fingerprint density at radius 3 is 0.970 bits per heavy atom. The van der Waals surface area contributed by atoms with Crippen LogP contribution in [0.4, 0.5) is 0 Å². The van der Waals surface area contributed by atoms with Crippen molar-refractivity contribution in [2.75, 3.05) is 18.5 Å². The standard InChI is InChI=1S/C32H69P/c1-6-10-14-17-18-19-20-21-22-23-24-27-31-33(29-25-15-11-7-2,30-26-16-12-8-3)32(5)28-13-9-4/h32-33H,6-31H2,1-5H3. The molecule has 1 heteroatoms. The molecule has 0 N–H and O–H groups in total. The van der Waals surface area contributed by atoms with Crippen LogP contribution in [0.5, 0.6) is 0 Å². The molecule has 33 heavy (non-hydrogen) atoms. The predicted octanol–water partition coefficient (Wildman–Crippen LogP) is 12.2. The molecule has 0 aliphatic heterocycles. The van der Waals surface area contributed by atoms with Gasteiger partial charge in [0, 0.05) is 0 Å². The summed E-state index contributed by atoms with van der Waals surface area (Å²) in [6, 6.07) is 0. The Balaban J connectivity index is 4.46. The van der Waals surface area contributed by atoms with Crippen LogP contribution in [0.15, 0.2) is 0 Å². The van der Waals surface area contributed by atoms with Gasteiger partial charge in [-0.1, -0.05) is 13.3 Å². The molecule has 1 atom stereocenters. The molecule has 0 heterocycles. The van der Waals surface area contributed by atoms with E-state index in [1.165, 1.54) is 128 Å². The fourth-order valence-electron chi connectivity index (χ4n) is 6.06. The third kappa shape index (κ3) is 19.3. The fraction of sp³-hybridized carbons (Fsp3) is 1.00. The van der Waals surface area contributed by atoms with Crippen molar-refractivity contribution in [3.8, 4) is 0 Å². The molecular formula is C32H69P. The van der Waals surface area contributed by atoms with Gasteiger partial charge in [0.1, 0.15) is 0 Å². The van der Waals surface area contributed by atoms with Crippen molar-refractivity contribution >= 4 is 7.26 Å². The van der Waals surface area contributed by atoms with E-state index in [0.29, 0.717) is 0 Å². The zero-order valence-electron chi connectivity index (χ0n) is 24.5. The van der Waals surface area contributed by atoms with Gasteiger partial charge in [0.15, 0.2) is 0 Å². The van der Waals surface area contributed by atoms with Crippen LogP contribution in [0.2, 0.25) is 0 Å². The van der Waals surface area contributed by atoms with E-state index in [-0.39, 0.29) is 0 Å². The van der Waals surface area contributed by atoms with E-state index in [4.69, 9.17) is 0 Å². The molecule has 0 saturated heterocycles. The monoisotopic (exact) mass is 485 g/mol. The van der Waals surface area contributed by atoms with Gasteiger partial charge in [0.2, 0.25) is 0 Å². The molecule has 0 aromatic carbocycles. The minimum absolute atomic E-state index is 1.06. The Kier molecular flexibility index (Phi) is 25.9. The number of unbranched alkanes of at least 4 members (excludes halogenated alkanes) is 18. The van der Waals surface area contributed by atoms with Crippen LogP contribution in [0.3, 0.4) is 0 Å². The summed E-state index contributed by atoms with van der Waals surface area (Å²) in [4.78, 5) is 0. The minimum atomic E-state index is -1.13. The molecule has 0 nitrogen and oxygen atoms in total. The molecule has 1 unspecified atom stereocenters. The summed E-state index contributed by atoms with van der Waals surface area (Å²) in [5.41, 5.74) is 1.06. The van der Waals surface area contributed by atoms with Crippen LogP contribution in [0, 0.1) is 0 Å². The predicted molar refractivity (Wildman–Crippen MR) is 161 cm³/mol. The van der Waals surface area contributed by atoms with Crippen molar-refractivity contribution in [1.82, 2.24) is 0 Å². The van der Waals surface area contributed by atoms with Crippen LogP contribution < -0.4 is 0 Å². The normalized spacial score (nSPS) is 13.5. The Morgan fingerprint density at radius 2 is 0.636 bits per heavy atom. The quantitative estimate of drug-likeness (QED) is 0.0803. The molecule has 0 aliphatic carbocycles. The van der Waals surface area contributed by atoms with Gasteiger partial charge < -0.3 is 0 Å². The third-order valence-corrected chi connectivity index (χ3v) is 15.0. The molecule has 0 aromatic heterocycles. The van der Waals surface area contributed by atoms with Crippen molar-refractivity contribution in [2.45, 2.75) is 188 Å². The van der Waals surface area contributed by atoms with Gasteiger partial charge in [-0.25, -0.2) is 0 Å². The molecular weight excluding hydrogens is 415 g/mol. The summed E-state index contributed by atoms with van der Waals surface area (Å²) in [5, 5.41) is 0. The van der Waals surface area contributed by atoms with E-state index in [1.54, 1.807) is 37.7 Å². The zero-order chi connectivity index (χ0) is 24.5. The first kappa shape index (κ1) is 33.4.